The molecule has 0 aliphatic heterocycles. The van der Waals surface area contributed by atoms with Crippen LogP contribution in [0.3, 0.4) is 0 Å². The summed E-state index contributed by atoms with van der Waals surface area (Å²) in [4.78, 5) is 25.1. The molecule has 4 aromatic carbocycles. The zero-order chi connectivity index (χ0) is 30.8. The van der Waals surface area contributed by atoms with Gasteiger partial charge in [0.1, 0.15) is 6.61 Å². The second kappa shape index (κ2) is 15.3. The molecule has 0 heterocycles. The normalized spacial score (nSPS) is 10.7. The van der Waals surface area contributed by atoms with Crippen molar-refractivity contribution in [1.29, 1.82) is 0 Å². The van der Waals surface area contributed by atoms with Gasteiger partial charge in [-0.3, -0.25) is 9.59 Å². The molecule has 9 nitrogen and oxygen atoms in total. The Morgan fingerprint density at radius 2 is 1.63 bits per heavy atom. The highest BCUT2D eigenvalue weighted by Gasteiger charge is 2.15. The number of hydrogen-bond acceptors (Lipinski definition) is 7. The first-order chi connectivity index (χ1) is 20.8. The molecule has 0 saturated heterocycles. The van der Waals surface area contributed by atoms with Crippen LogP contribution < -0.4 is 29.7 Å². The molecule has 4 rings (SSSR count). The molecule has 0 aliphatic rings. The fourth-order valence-corrected chi connectivity index (χ4v) is 4.63. The number of anilines is 1. The van der Waals surface area contributed by atoms with Crippen LogP contribution in [-0.4, -0.2) is 38.9 Å². The fourth-order valence-electron chi connectivity index (χ4n) is 3.76. The predicted octanol–water partition coefficient (Wildman–Crippen LogP) is 7.13. The number of carbonyl (C=O) groups excluding carboxylic acids is 2. The number of carbonyl (C=O) groups is 2. The highest BCUT2D eigenvalue weighted by Crippen LogP contribution is 2.36. The monoisotopic (exact) mass is 685 g/mol. The maximum absolute atomic E-state index is 12.7. The first kappa shape index (κ1) is 31.7. The lowest BCUT2D eigenvalue weighted by molar-refractivity contribution is -0.118. The van der Waals surface area contributed by atoms with Crippen molar-refractivity contribution in [2.75, 3.05) is 26.1 Å². The lowest BCUT2D eigenvalue weighted by Gasteiger charge is -2.14. The van der Waals surface area contributed by atoms with Crippen molar-refractivity contribution < 1.29 is 28.5 Å². The van der Waals surface area contributed by atoms with E-state index in [1.807, 2.05) is 30.3 Å². The van der Waals surface area contributed by atoms with E-state index in [2.05, 4.69) is 31.8 Å². The summed E-state index contributed by atoms with van der Waals surface area (Å²) >= 11 is 15.3. The molecular weight excluding hydrogens is 661 g/mol. The number of amides is 2. The van der Waals surface area contributed by atoms with Gasteiger partial charge in [-0.15, -0.1) is 0 Å². The molecular formula is C31H26BrCl2N3O6. The van der Waals surface area contributed by atoms with E-state index in [0.29, 0.717) is 60.9 Å². The minimum absolute atomic E-state index is 0.293. The molecule has 0 aliphatic carbocycles. The van der Waals surface area contributed by atoms with Gasteiger partial charge >= 0.3 is 0 Å². The molecule has 0 radical (unpaired) electrons. The number of halogens is 3. The highest BCUT2D eigenvalue weighted by atomic mass is 79.9. The van der Waals surface area contributed by atoms with Gasteiger partial charge in [-0.2, -0.15) is 5.10 Å². The summed E-state index contributed by atoms with van der Waals surface area (Å²) < 4.78 is 22.9. The third-order valence-corrected chi connectivity index (χ3v) is 7.17. The van der Waals surface area contributed by atoms with Crippen molar-refractivity contribution in [2.24, 2.45) is 5.10 Å². The number of rotatable bonds is 12. The van der Waals surface area contributed by atoms with Crippen LogP contribution in [0.4, 0.5) is 5.69 Å². The number of benzene rings is 4. The number of ether oxygens (including phenoxy) is 4. The van der Waals surface area contributed by atoms with Gasteiger partial charge in [-0.1, -0.05) is 53.5 Å². The van der Waals surface area contributed by atoms with Crippen molar-refractivity contribution in [3.8, 4) is 23.0 Å². The molecule has 4 aromatic rings. The molecule has 222 valence electrons. The topological polar surface area (TPSA) is 107 Å². The Bertz CT molecular complexity index is 1640. The molecule has 0 saturated carbocycles. The molecule has 0 aromatic heterocycles. The van der Waals surface area contributed by atoms with E-state index in [4.69, 9.17) is 42.1 Å². The second-order valence-corrected chi connectivity index (χ2v) is 10.5. The van der Waals surface area contributed by atoms with E-state index in [9.17, 15) is 9.59 Å². The average molecular weight is 687 g/mol. The average Bonchev–Trinajstić information content (AvgIpc) is 3.01. The predicted molar refractivity (Wildman–Crippen MR) is 170 cm³/mol. The van der Waals surface area contributed by atoms with Crippen molar-refractivity contribution in [3.63, 3.8) is 0 Å². The molecule has 0 atom stereocenters. The van der Waals surface area contributed by atoms with Gasteiger partial charge in [0.05, 0.1) is 35.0 Å². The van der Waals surface area contributed by atoms with E-state index >= 15 is 0 Å². The smallest absolute Gasteiger partial charge is 0.271 e. The zero-order valence-corrected chi connectivity index (χ0v) is 26.1. The molecule has 0 bridgehead atoms. The number of hydrogen-bond donors (Lipinski definition) is 2. The van der Waals surface area contributed by atoms with E-state index in [1.165, 1.54) is 20.4 Å². The standard InChI is InChI=1S/C31H26BrCl2N3O6/c1-40-27-14-21(8-11-26(27)42-17-19-6-4-3-5-7-19)31(39)37-35-16-20-12-23(32)30(28(13-20)41-2)43-18-29(38)36-22-9-10-24(33)25(34)15-22/h3-16H,17-18H2,1-2H3,(H,36,38)(H,37,39)/b35-16+. The van der Waals surface area contributed by atoms with Crippen LogP contribution >= 0.6 is 39.1 Å². The summed E-state index contributed by atoms with van der Waals surface area (Å²) in [5.74, 6) is 0.742. The third-order valence-electron chi connectivity index (χ3n) is 5.85. The van der Waals surface area contributed by atoms with Gasteiger partial charge in [0.2, 0.25) is 0 Å². The quantitative estimate of drug-likeness (QED) is 0.121. The maximum atomic E-state index is 12.7. The van der Waals surface area contributed by atoms with E-state index in [0.717, 1.165) is 5.56 Å². The Balaban J connectivity index is 1.35. The Kier molecular flexibility index (Phi) is 11.3. The van der Waals surface area contributed by atoms with Crippen LogP contribution in [0, 0.1) is 0 Å². The minimum Gasteiger partial charge on any atom is -0.493 e. The first-order valence-electron chi connectivity index (χ1n) is 12.7. The van der Waals surface area contributed by atoms with Crippen LogP contribution in [0.5, 0.6) is 23.0 Å². The minimum atomic E-state index is -0.442. The summed E-state index contributed by atoms with van der Waals surface area (Å²) in [5, 5.41) is 7.44. The van der Waals surface area contributed by atoms with Gasteiger partial charge in [-0.25, -0.2) is 5.43 Å². The number of nitrogens with zero attached hydrogens (tertiary/aromatic N) is 1. The van der Waals surface area contributed by atoms with Crippen molar-refractivity contribution in [2.45, 2.75) is 6.61 Å². The Hall–Kier alpha value is -4.25. The number of hydrazone groups is 1. The van der Waals surface area contributed by atoms with Crippen LogP contribution in [-0.2, 0) is 11.4 Å². The van der Waals surface area contributed by atoms with Gasteiger partial charge < -0.3 is 24.3 Å². The molecule has 0 spiro atoms. The number of methoxy groups -OCH3 is 2. The molecule has 0 fully saturated rings. The van der Waals surface area contributed by atoms with Crippen molar-refractivity contribution in [1.82, 2.24) is 5.43 Å². The molecule has 2 amide bonds. The summed E-state index contributed by atoms with van der Waals surface area (Å²) in [5.41, 5.74) is 4.91. The van der Waals surface area contributed by atoms with E-state index in [-0.39, 0.29) is 6.61 Å². The van der Waals surface area contributed by atoms with Crippen molar-refractivity contribution in [3.05, 3.63) is 110 Å². The van der Waals surface area contributed by atoms with Crippen molar-refractivity contribution >= 4 is 62.8 Å². The second-order valence-electron chi connectivity index (χ2n) is 8.84. The Morgan fingerprint density at radius 1 is 0.860 bits per heavy atom. The molecule has 2 N–H and O–H groups in total. The summed E-state index contributed by atoms with van der Waals surface area (Å²) in [6, 6.07) is 22.7. The SMILES string of the molecule is COc1cc(C(=O)N/N=C/c2cc(Br)c(OCC(=O)Nc3ccc(Cl)c(Cl)c3)c(OC)c2)ccc1OCc1ccccc1. The molecule has 12 heteroatoms. The van der Waals surface area contributed by atoms with Gasteiger partial charge in [0, 0.05) is 11.3 Å². The van der Waals surface area contributed by atoms with Gasteiger partial charge in [-0.05, 0) is 75.6 Å². The van der Waals surface area contributed by atoms with Gasteiger partial charge in [0.25, 0.3) is 11.8 Å². The largest absolute Gasteiger partial charge is 0.493 e. The Labute approximate surface area is 266 Å². The summed E-state index contributed by atoms with van der Waals surface area (Å²) in [6.07, 6.45) is 1.44. The van der Waals surface area contributed by atoms with Gasteiger partial charge in [0.15, 0.2) is 29.6 Å². The van der Waals surface area contributed by atoms with Crippen LogP contribution in [0.25, 0.3) is 0 Å². The summed E-state index contributed by atoms with van der Waals surface area (Å²) in [7, 11) is 2.97. The van der Waals surface area contributed by atoms with Crippen LogP contribution in [0.1, 0.15) is 21.5 Å². The summed E-state index contributed by atoms with van der Waals surface area (Å²) in [6.45, 7) is 0.0695. The third kappa shape index (κ3) is 8.87. The van der Waals surface area contributed by atoms with E-state index in [1.54, 1.807) is 48.5 Å². The zero-order valence-electron chi connectivity index (χ0n) is 23.0. The fraction of sp³-hybridized carbons (Fsp3) is 0.129. The highest BCUT2D eigenvalue weighted by molar-refractivity contribution is 9.10. The molecule has 0 unspecified atom stereocenters. The number of nitrogens with one attached hydrogen (secondary N) is 2. The lowest BCUT2D eigenvalue weighted by atomic mass is 10.2. The van der Waals surface area contributed by atoms with Crippen LogP contribution in [0.2, 0.25) is 10.0 Å². The maximum Gasteiger partial charge on any atom is 0.271 e. The first-order valence-corrected chi connectivity index (χ1v) is 14.3. The molecule has 43 heavy (non-hydrogen) atoms. The lowest BCUT2D eigenvalue weighted by Crippen LogP contribution is -2.20. The Morgan fingerprint density at radius 3 is 2.35 bits per heavy atom. The van der Waals surface area contributed by atoms with Crippen LogP contribution in [0.15, 0.2) is 88.4 Å². The van der Waals surface area contributed by atoms with E-state index < -0.39 is 11.8 Å².